The summed E-state index contributed by atoms with van der Waals surface area (Å²) in [6.07, 6.45) is 3.04. The molecule has 4 rings (SSSR count). The van der Waals surface area contributed by atoms with Gasteiger partial charge in [0.25, 0.3) is 0 Å². The third kappa shape index (κ3) is 4.10. The molecule has 29 heavy (non-hydrogen) atoms. The van der Waals surface area contributed by atoms with E-state index in [1.165, 1.54) is 10.4 Å². The van der Waals surface area contributed by atoms with Gasteiger partial charge in [-0.2, -0.15) is 5.10 Å². The van der Waals surface area contributed by atoms with Crippen molar-refractivity contribution < 1.29 is 9.47 Å². The van der Waals surface area contributed by atoms with Crippen LogP contribution >= 0.6 is 23.6 Å². The quantitative estimate of drug-likeness (QED) is 0.520. The van der Waals surface area contributed by atoms with Crippen molar-refractivity contribution in [1.82, 2.24) is 19.2 Å². The maximum absolute atomic E-state index is 5.68. The van der Waals surface area contributed by atoms with E-state index in [2.05, 4.69) is 28.5 Å². The van der Waals surface area contributed by atoms with E-state index in [-0.39, 0.29) is 6.04 Å². The first kappa shape index (κ1) is 20.1. The van der Waals surface area contributed by atoms with Crippen molar-refractivity contribution in [3.63, 3.8) is 0 Å². The zero-order chi connectivity index (χ0) is 20.4. The number of nitrogens with zero attached hydrogens (tertiary/aromatic N) is 4. The lowest BCUT2D eigenvalue weighted by Gasteiger charge is -2.26. The van der Waals surface area contributed by atoms with Crippen molar-refractivity contribution in [2.24, 2.45) is 7.05 Å². The van der Waals surface area contributed by atoms with Crippen molar-refractivity contribution in [3.8, 4) is 11.5 Å². The Hall–Kier alpha value is -2.16. The fourth-order valence-electron chi connectivity index (χ4n) is 3.96. The summed E-state index contributed by atoms with van der Waals surface area (Å²) in [6, 6.07) is 10.6. The highest BCUT2D eigenvalue weighted by Crippen LogP contribution is 2.38. The Labute approximate surface area is 180 Å². The summed E-state index contributed by atoms with van der Waals surface area (Å²) in [5.74, 6) is 2.67. The predicted molar refractivity (Wildman–Crippen MR) is 117 cm³/mol. The fourth-order valence-corrected chi connectivity index (χ4v) is 4.87. The molecule has 0 aliphatic carbocycles. The van der Waals surface area contributed by atoms with E-state index in [1.54, 1.807) is 25.6 Å². The van der Waals surface area contributed by atoms with Gasteiger partial charge in [-0.25, -0.2) is 4.68 Å². The molecular formula is C21H26N4O2S2. The van der Waals surface area contributed by atoms with Crippen molar-refractivity contribution in [3.05, 3.63) is 56.7 Å². The maximum atomic E-state index is 5.68. The van der Waals surface area contributed by atoms with Crippen LogP contribution in [0, 0.1) is 4.77 Å². The van der Waals surface area contributed by atoms with Gasteiger partial charge in [-0.1, -0.05) is 12.1 Å². The zero-order valence-corrected chi connectivity index (χ0v) is 18.6. The Morgan fingerprint density at radius 1 is 1.24 bits per heavy atom. The fraction of sp³-hybridized carbons (Fsp3) is 0.429. The van der Waals surface area contributed by atoms with Crippen LogP contribution in [0.25, 0.3) is 0 Å². The molecule has 0 bridgehead atoms. The molecule has 0 amide bonds. The Bertz CT molecular complexity index is 1030. The Balaban J connectivity index is 1.57. The van der Waals surface area contributed by atoms with Crippen molar-refractivity contribution in [2.75, 3.05) is 20.8 Å². The summed E-state index contributed by atoms with van der Waals surface area (Å²) in [5.41, 5.74) is 1.19. The van der Waals surface area contributed by atoms with Gasteiger partial charge in [0.15, 0.2) is 4.77 Å². The van der Waals surface area contributed by atoms with Gasteiger partial charge in [0.05, 0.1) is 20.9 Å². The Morgan fingerprint density at radius 2 is 2.10 bits per heavy atom. The monoisotopic (exact) mass is 430 g/mol. The molecule has 2 aromatic heterocycles. The maximum Gasteiger partial charge on any atom is 0.198 e. The molecule has 0 spiro atoms. The Morgan fingerprint density at radius 3 is 2.83 bits per heavy atom. The summed E-state index contributed by atoms with van der Waals surface area (Å²) in [4.78, 5) is 3.73. The standard InChI is InChI=1S/C21H26N4O2S2/c1-23-20(13-16-6-5-11-29-16)22-25(21(23)28)14-24-10-4-7-18(24)17-9-8-15(26-2)12-19(17)27-3/h5-6,8-9,11-12,18H,4,7,10,13-14H2,1-3H3/t18-/m1/s1. The second kappa shape index (κ2) is 8.69. The number of ether oxygens (including phenoxy) is 2. The first-order chi connectivity index (χ1) is 14.1. The van der Waals surface area contributed by atoms with Crippen LogP contribution < -0.4 is 9.47 Å². The molecule has 1 aliphatic rings. The molecule has 1 saturated heterocycles. The van der Waals surface area contributed by atoms with E-state index >= 15 is 0 Å². The van der Waals surface area contributed by atoms with E-state index in [4.69, 9.17) is 26.8 Å². The zero-order valence-electron chi connectivity index (χ0n) is 17.0. The third-order valence-electron chi connectivity index (χ3n) is 5.52. The van der Waals surface area contributed by atoms with Gasteiger partial charge in [0.2, 0.25) is 0 Å². The molecular weight excluding hydrogens is 404 g/mol. The van der Waals surface area contributed by atoms with Gasteiger partial charge in [-0.3, -0.25) is 4.90 Å². The normalized spacial score (nSPS) is 17.0. The molecule has 0 N–H and O–H groups in total. The summed E-state index contributed by atoms with van der Waals surface area (Å²) >= 11 is 7.43. The van der Waals surface area contributed by atoms with Gasteiger partial charge < -0.3 is 14.0 Å². The average molecular weight is 431 g/mol. The smallest absolute Gasteiger partial charge is 0.198 e. The number of benzene rings is 1. The summed E-state index contributed by atoms with van der Waals surface area (Å²) in [5, 5.41) is 6.93. The Kier molecular flexibility index (Phi) is 6.03. The number of methoxy groups -OCH3 is 2. The molecule has 3 aromatic rings. The third-order valence-corrected chi connectivity index (χ3v) is 6.88. The summed E-state index contributed by atoms with van der Waals surface area (Å²) in [7, 11) is 5.39. The molecule has 154 valence electrons. The van der Waals surface area contributed by atoms with Crippen LogP contribution in [0.2, 0.25) is 0 Å². The summed E-state index contributed by atoms with van der Waals surface area (Å²) < 4.78 is 15.7. The van der Waals surface area contributed by atoms with E-state index in [1.807, 2.05) is 28.4 Å². The molecule has 3 heterocycles. The highest BCUT2D eigenvalue weighted by molar-refractivity contribution is 7.71. The number of thiophene rings is 1. The number of hydrogen-bond acceptors (Lipinski definition) is 6. The minimum Gasteiger partial charge on any atom is -0.497 e. The van der Waals surface area contributed by atoms with E-state index in [0.29, 0.717) is 6.67 Å². The lowest BCUT2D eigenvalue weighted by atomic mass is 10.0. The minimum absolute atomic E-state index is 0.278. The van der Waals surface area contributed by atoms with Crippen molar-refractivity contribution in [2.45, 2.75) is 32.0 Å². The van der Waals surface area contributed by atoms with Gasteiger partial charge >= 0.3 is 0 Å². The van der Waals surface area contributed by atoms with E-state index < -0.39 is 0 Å². The molecule has 1 aliphatic heterocycles. The second-order valence-corrected chi connectivity index (χ2v) is 8.63. The van der Waals surface area contributed by atoms with Gasteiger partial charge in [-0.05, 0) is 42.6 Å². The molecule has 6 nitrogen and oxygen atoms in total. The number of likely N-dealkylation sites (tertiary alicyclic amines) is 1. The van der Waals surface area contributed by atoms with Gasteiger partial charge in [0.1, 0.15) is 17.3 Å². The van der Waals surface area contributed by atoms with Crippen molar-refractivity contribution in [1.29, 1.82) is 0 Å². The van der Waals surface area contributed by atoms with Crippen LogP contribution in [0.3, 0.4) is 0 Å². The number of rotatable bonds is 7. The van der Waals surface area contributed by atoms with Gasteiger partial charge in [-0.15, -0.1) is 11.3 Å². The van der Waals surface area contributed by atoms with Crippen LogP contribution in [0.15, 0.2) is 35.7 Å². The number of hydrogen-bond donors (Lipinski definition) is 0. The SMILES string of the molecule is COc1ccc([C@H]2CCCN2Cn2nc(Cc3cccs3)n(C)c2=S)c(OC)c1. The summed E-state index contributed by atoms with van der Waals surface area (Å²) in [6.45, 7) is 1.69. The molecule has 1 atom stereocenters. The highest BCUT2D eigenvalue weighted by Gasteiger charge is 2.29. The molecule has 0 saturated carbocycles. The van der Waals surface area contributed by atoms with Crippen LogP contribution in [-0.4, -0.2) is 40.0 Å². The lowest BCUT2D eigenvalue weighted by Crippen LogP contribution is -2.27. The second-order valence-electron chi connectivity index (χ2n) is 7.23. The highest BCUT2D eigenvalue weighted by atomic mass is 32.1. The molecule has 1 aromatic carbocycles. The van der Waals surface area contributed by atoms with Crippen LogP contribution in [0.1, 0.15) is 35.1 Å². The molecule has 1 fully saturated rings. The number of aromatic nitrogens is 3. The molecule has 8 heteroatoms. The average Bonchev–Trinajstić information content (AvgIpc) is 3.47. The van der Waals surface area contributed by atoms with Crippen molar-refractivity contribution >= 4 is 23.6 Å². The molecule has 0 unspecified atom stereocenters. The van der Waals surface area contributed by atoms with Crippen LogP contribution in [0.5, 0.6) is 11.5 Å². The van der Waals surface area contributed by atoms with E-state index in [9.17, 15) is 0 Å². The lowest BCUT2D eigenvalue weighted by molar-refractivity contribution is 0.186. The minimum atomic E-state index is 0.278. The van der Waals surface area contributed by atoms with Crippen LogP contribution in [0.4, 0.5) is 0 Å². The first-order valence-corrected chi connectivity index (χ1v) is 11.0. The van der Waals surface area contributed by atoms with Crippen LogP contribution in [-0.2, 0) is 20.1 Å². The molecule has 0 radical (unpaired) electrons. The van der Waals surface area contributed by atoms with E-state index in [0.717, 1.165) is 47.9 Å². The first-order valence-electron chi connectivity index (χ1n) is 9.71. The van der Waals surface area contributed by atoms with Gasteiger partial charge in [0, 0.05) is 42.6 Å². The largest absolute Gasteiger partial charge is 0.497 e. The topological polar surface area (TPSA) is 44.5 Å². The predicted octanol–water partition coefficient (Wildman–Crippen LogP) is 4.42.